The van der Waals surface area contributed by atoms with Crippen LogP contribution in [0.3, 0.4) is 0 Å². The van der Waals surface area contributed by atoms with Crippen molar-refractivity contribution in [1.29, 1.82) is 0 Å². The molecule has 0 unspecified atom stereocenters. The number of hydrogen-bond donors (Lipinski definition) is 3. The van der Waals surface area contributed by atoms with Gasteiger partial charge in [0.05, 0.1) is 0 Å². The van der Waals surface area contributed by atoms with Gasteiger partial charge in [-0.15, -0.1) is 0 Å². The molecule has 0 saturated carbocycles. The molecule has 162 valence electrons. The van der Waals surface area contributed by atoms with E-state index in [1.807, 2.05) is 38.1 Å². The second-order valence-electron chi connectivity index (χ2n) is 7.34. The zero-order valence-corrected chi connectivity index (χ0v) is 18.0. The highest BCUT2D eigenvalue weighted by molar-refractivity contribution is 5.75. The summed E-state index contributed by atoms with van der Waals surface area (Å²) in [5.74, 6) is 0.372. The Balaban J connectivity index is 1.61. The fourth-order valence-electron chi connectivity index (χ4n) is 3.13. The van der Waals surface area contributed by atoms with Crippen LogP contribution in [0.5, 0.6) is 0 Å². The lowest BCUT2D eigenvalue weighted by molar-refractivity contribution is -0.121. The number of carbonyl (C=O) groups excluding carboxylic acids is 1. The van der Waals surface area contributed by atoms with E-state index in [2.05, 4.69) is 25.6 Å². The minimum atomic E-state index is -0.335. The summed E-state index contributed by atoms with van der Waals surface area (Å²) in [6.07, 6.45) is 2.24. The zero-order chi connectivity index (χ0) is 22.4. The summed E-state index contributed by atoms with van der Waals surface area (Å²) in [6.45, 7) is 6.24. The molecule has 1 amide bonds. The standard InChI is InChI=1S/C22H27N7O2/c1-14-5-4-6-18(27-14)9-10-24-21-22(31)29(15(2)11-26-21)13-20(30)25-12-17-7-8-19(23)28-16(17)3/h4-8,11H,9-10,12-13H2,1-3H3,(H2,23,28)(H,24,26)(H,25,30). The summed E-state index contributed by atoms with van der Waals surface area (Å²) in [4.78, 5) is 38.1. The van der Waals surface area contributed by atoms with Gasteiger partial charge in [-0.1, -0.05) is 12.1 Å². The first-order valence-electron chi connectivity index (χ1n) is 10.0. The van der Waals surface area contributed by atoms with Gasteiger partial charge in [0, 0.05) is 48.5 Å². The van der Waals surface area contributed by atoms with E-state index < -0.39 is 0 Å². The fraction of sp³-hybridized carbons (Fsp3) is 0.318. The van der Waals surface area contributed by atoms with Crippen LogP contribution in [0.25, 0.3) is 0 Å². The number of amides is 1. The maximum atomic E-state index is 12.8. The molecule has 0 aliphatic carbocycles. The van der Waals surface area contributed by atoms with E-state index in [-0.39, 0.29) is 23.8 Å². The smallest absolute Gasteiger partial charge is 0.293 e. The highest BCUT2D eigenvalue weighted by Crippen LogP contribution is 2.08. The van der Waals surface area contributed by atoms with Crippen molar-refractivity contribution in [3.05, 3.63) is 75.2 Å². The van der Waals surface area contributed by atoms with Crippen molar-refractivity contribution in [1.82, 2.24) is 24.8 Å². The predicted octanol–water partition coefficient (Wildman–Crippen LogP) is 1.51. The molecule has 4 N–H and O–H groups in total. The third-order valence-electron chi connectivity index (χ3n) is 4.87. The summed E-state index contributed by atoms with van der Waals surface area (Å²) in [5, 5.41) is 5.88. The van der Waals surface area contributed by atoms with Gasteiger partial charge in [0.1, 0.15) is 12.4 Å². The van der Waals surface area contributed by atoms with E-state index in [0.29, 0.717) is 31.0 Å². The van der Waals surface area contributed by atoms with Crippen molar-refractivity contribution in [2.45, 2.75) is 40.3 Å². The summed E-state index contributed by atoms with van der Waals surface area (Å²) >= 11 is 0. The number of nitrogens with one attached hydrogen (secondary N) is 2. The van der Waals surface area contributed by atoms with Crippen molar-refractivity contribution in [3.63, 3.8) is 0 Å². The Kier molecular flexibility index (Phi) is 6.96. The molecule has 0 aliphatic rings. The van der Waals surface area contributed by atoms with Gasteiger partial charge in [-0.2, -0.15) is 0 Å². The second-order valence-corrected chi connectivity index (χ2v) is 7.34. The van der Waals surface area contributed by atoms with Crippen molar-refractivity contribution < 1.29 is 4.79 Å². The molecule has 0 bridgehead atoms. The lowest BCUT2D eigenvalue weighted by Gasteiger charge is -2.13. The number of rotatable bonds is 8. The third kappa shape index (κ3) is 5.88. The summed E-state index contributed by atoms with van der Waals surface area (Å²) in [5.41, 5.74) is 9.44. The van der Waals surface area contributed by atoms with E-state index in [1.165, 1.54) is 4.57 Å². The average Bonchev–Trinajstić information content (AvgIpc) is 2.72. The maximum absolute atomic E-state index is 12.8. The molecule has 9 heteroatoms. The van der Waals surface area contributed by atoms with E-state index in [4.69, 9.17) is 5.73 Å². The Morgan fingerprint density at radius 2 is 1.94 bits per heavy atom. The molecule has 0 radical (unpaired) electrons. The first kappa shape index (κ1) is 21.9. The first-order chi connectivity index (χ1) is 14.8. The summed E-state index contributed by atoms with van der Waals surface area (Å²) < 4.78 is 1.41. The van der Waals surface area contributed by atoms with Crippen LogP contribution in [0, 0.1) is 20.8 Å². The lowest BCUT2D eigenvalue weighted by atomic mass is 10.2. The van der Waals surface area contributed by atoms with Crippen LogP contribution in [0.15, 0.2) is 41.3 Å². The monoisotopic (exact) mass is 421 g/mol. The Morgan fingerprint density at radius 3 is 2.68 bits per heavy atom. The van der Waals surface area contributed by atoms with Gasteiger partial charge in [-0.3, -0.25) is 19.1 Å². The van der Waals surface area contributed by atoms with Crippen LogP contribution in [0.2, 0.25) is 0 Å². The molecule has 0 aliphatic heterocycles. The molecular formula is C22H27N7O2. The molecule has 31 heavy (non-hydrogen) atoms. The molecule has 0 spiro atoms. The number of pyridine rings is 2. The normalized spacial score (nSPS) is 10.7. The largest absolute Gasteiger partial charge is 0.384 e. The molecule has 3 aromatic heterocycles. The quantitative estimate of drug-likeness (QED) is 0.503. The number of anilines is 2. The Bertz CT molecular complexity index is 1140. The summed E-state index contributed by atoms with van der Waals surface area (Å²) in [6, 6.07) is 9.35. The Labute approximate surface area is 180 Å². The van der Waals surface area contributed by atoms with Crippen LogP contribution in [0.4, 0.5) is 11.6 Å². The van der Waals surface area contributed by atoms with Crippen LogP contribution < -0.4 is 21.9 Å². The van der Waals surface area contributed by atoms with Gasteiger partial charge in [0.25, 0.3) is 5.56 Å². The topological polar surface area (TPSA) is 128 Å². The van der Waals surface area contributed by atoms with Crippen molar-refractivity contribution >= 4 is 17.5 Å². The number of hydrogen-bond acceptors (Lipinski definition) is 7. The van der Waals surface area contributed by atoms with Gasteiger partial charge < -0.3 is 16.4 Å². The van der Waals surface area contributed by atoms with Gasteiger partial charge in [-0.05, 0) is 44.5 Å². The molecular weight excluding hydrogens is 394 g/mol. The highest BCUT2D eigenvalue weighted by Gasteiger charge is 2.12. The van der Waals surface area contributed by atoms with E-state index >= 15 is 0 Å². The second kappa shape index (κ2) is 9.84. The number of nitrogen functional groups attached to an aromatic ring is 1. The van der Waals surface area contributed by atoms with Crippen LogP contribution in [-0.4, -0.2) is 32.0 Å². The number of aromatic nitrogens is 4. The molecule has 3 heterocycles. The number of carbonyl (C=O) groups is 1. The number of aryl methyl sites for hydroxylation is 3. The van der Waals surface area contributed by atoms with E-state index in [1.54, 1.807) is 19.2 Å². The molecule has 0 aromatic carbocycles. The van der Waals surface area contributed by atoms with Crippen molar-refractivity contribution in [3.8, 4) is 0 Å². The average molecular weight is 422 g/mol. The number of nitrogens with two attached hydrogens (primary N) is 1. The van der Waals surface area contributed by atoms with E-state index in [0.717, 1.165) is 22.6 Å². The zero-order valence-electron chi connectivity index (χ0n) is 18.0. The predicted molar refractivity (Wildman–Crippen MR) is 120 cm³/mol. The number of nitrogens with zero attached hydrogens (tertiary/aromatic N) is 4. The molecule has 0 atom stereocenters. The van der Waals surface area contributed by atoms with Gasteiger partial charge >= 0.3 is 0 Å². The third-order valence-corrected chi connectivity index (χ3v) is 4.87. The fourth-order valence-corrected chi connectivity index (χ4v) is 3.13. The molecule has 3 aromatic rings. The summed E-state index contributed by atoms with van der Waals surface area (Å²) in [7, 11) is 0. The van der Waals surface area contributed by atoms with Crippen LogP contribution >= 0.6 is 0 Å². The minimum Gasteiger partial charge on any atom is -0.384 e. The van der Waals surface area contributed by atoms with Crippen LogP contribution in [-0.2, 0) is 24.3 Å². The minimum absolute atomic E-state index is 0.0945. The molecule has 0 fully saturated rings. The van der Waals surface area contributed by atoms with Crippen molar-refractivity contribution in [2.24, 2.45) is 0 Å². The molecule has 9 nitrogen and oxygen atoms in total. The Morgan fingerprint density at radius 1 is 1.13 bits per heavy atom. The van der Waals surface area contributed by atoms with Gasteiger partial charge in [-0.25, -0.2) is 9.97 Å². The first-order valence-corrected chi connectivity index (χ1v) is 10.0. The highest BCUT2D eigenvalue weighted by atomic mass is 16.2. The van der Waals surface area contributed by atoms with Gasteiger partial charge in [0.15, 0.2) is 5.82 Å². The van der Waals surface area contributed by atoms with Crippen molar-refractivity contribution in [2.75, 3.05) is 17.6 Å². The van der Waals surface area contributed by atoms with E-state index in [9.17, 15) is 9.59 Å². The van der Waals surface area contributed by atoms with Crippen LogP contribution in [0.1, 0.15) is 28.3 Å². The lowest BCUT2D eigenvalue weighted by Crippen LogP contribution is -2.34. The Hall–Kier alpha value is -3.75. The SMILES string of the molecule is Cc1cccc(CCNc2ncc(C)n(CC(=O)NCc3ccc(N)nc3C)c2=O)n1. The molecule has 3 rings (SSSR count). The maximum Gasteiger partial charge on any atom is 0.293 e. The van der Waals surface area contributed by atoms with Gasteiger partial charge in [0.2, 0.25) is 5.91 Å². The molecule has 0 saturated heterocycles.